The molecule has 1 aromatic heterocycles. The molecule has 0 unspecified atom stereocenters. The van der Waals surface area contributed by atoms with Gasteiger partial charge in [-0.2, -0.15) is 0 Å². The van der Waals surface area contributed by atoms with Crippen molar-refractivity contribution in [1.29, 1.82) is 0 Å². The molecule has 8 heteroatoms. The molecular weight excluding hydrogens is 315 g/mol. The minimum absolute atomic E-state index is 0.0837. The lowest BCUT2D eigenvalue weighted by Crippen LogP contribution is -2.45. The van der Waals surface area contributed by atoms with Gasteiger partial charge in [0.2, 0.25) is 5.89 Å². The predicted molar refractivity (Wildman–Crippen MR) is 85.5 cm³/mol. The van der Waals surface area contributed by atoms with E-state index in [4.69, 9.17) is 9.15 Å². The maximum atomic E-state index is 13.9. The molecule has 1 saturated heterocycles. The van der Waals surface area contributed by atoms with Crippen molar-refractivity contribution < 1.29 is 18.3 Å². The van der Waals surface area contributed by atoms with Crippen molar-refractivity contribution in [3.05, 3.63) is 5.89 Å². The third kappa shape index (κ3) is 4.03. The summed E-state index contributed by atoms with van der Waals surface area (Å²) in [6, 6.07) is 0.140. The van der Waals surface area contributed by atoms with E-state index in [1.807, 2.05) is 0 Å². The first-order chi connectivity index (χ1) is 11.4. The number of aromatic nitrogens is 2. The molecule has 3 atom stereocenters. The molecule has 0 spiro atoms. The lowest BCUT2D eigenvalue weighted by Gasteiger charge is -2.28. The average Bonchev–Trinajstić information content (AvgIpc) is 3.17. The second-order valence-corrected chi connectivity index (χ2v) is 6.88. The number of hydrogen-bond acceptors (Lipinski definition) is 6. The van der Waals surface area contributed by atoms with E-state index in [2.05, 4.69) is 10.2 Å². The molecule has 134 valence electrons. The van der Waals surface area contributed by atoms with Gasteiger partial charge in [0, 0.05) is 26.9 Å². The Morgan fingerprint density at radius 1 is 1.50 bits per heavy atom. The normalized spacial score (nSPS) is 25.1. The fraction of sp³-hybridized carbons (Fsp3) is 0.812. The van der Waals surface area contributed by atoms with Crippen molar-refractivity contribution in [2.45, 2.75) is 51.4 Å². The second-order valence-electron chi connectivity index (χ2n) is 6.88. The SMILES string of the molecule is Cc1nnc(N2C[C@@H](F)C[C@H]2CN(C)C(=O)[C@H](C)OCC2CC2)o1. The van der Waals surface area contributed by atoms with Crippen LogP contribution in [-0.4, -0.2) is 66.1 Å². The number of halogens is 1. The van der Waals surface area contributed by atoms with Gasteiger partial charge in [0.15, 0.2) is 0 Å². The van der Waals surface area contributed by atoms with E-state index in [-0.39, 0.29) is 18.5 Å². The third-order valence-corrected chi connectivity index (χ3v) is 4.61. The Hall–Kier alpha value is -1.70. The number of rotatable bonds is 7. The number of ether oxygens (including phenoxy) is 1. The van der Waals surface area contributed by atoms with Crippen molar-refractivity contribution in [3.8, 4) is 0 Å². The number of aryl methyl sites for hydroxylation is 1. The summed E-state index contributed by atoms with van der Waals surface area (Å²) in [4.78, 5) is 15.8. The van der Waals surface area contributed by atoms with E-state index < -0.39 is 12.3 Å². The summed E-state index contributed by atoms with van der Waals surface area (Å²) in [5.74, 6) is 0.973. The largest absolute Gasteiger partial charge is 0.408 e. The number of likely N-dealkylation sites (N-methyl/N-ethyl adjacent to an activating group) is 1. The van der Waals surface area contributed by atoms with Gasteiger partial charge in [-0.05, 0) is 25.7 Å². The quantitative estimate of drug-likeness (QED) is 0.750. The molecule has 1 aromatic rings. The number of alkyl halides is 1. The highest BCUT2D eigenvalue weighted by Crippen LogP contribution is 2.29. The van der Waals surface area contributed by atoms with E-state index >= 15 is 0 Å². The van der Waals surface area contributed by atoms with Gasteiger partial charge in [-0.15, -0.1) is 5.10 Å². The Bertz CT molecular complexity index is 577. The number of carbonyl (C=O) groups excluding carboxylic acids is 1. The molecule has 0 bridgehead atoms. The van der Waals surface area contributed by atoms with Crippen molar-refractivity contribution in [1.82, 2.24) is 15.1 Å². The van der Waals surface area contributed by atoms with E-state index in [0.29, 0.717) is 37.4 Å². The summed E-state index contributed by atoms with van der Waals surface area (Å²) in [7, 11) is 1.72. The molecule has 0 N–H and O–H groups in total. The highest BCUT2D eigenvalue weighted by atomic mass is 19.1. The van der Waals surface area contributed by atoms with Gasteiger partial charge >= 0.3 is 6.01 Å². The molecule has 1 aliphatic carbocycles. The number of amides is 1. The first kappa shape index (κ1) is 17.1. The van der Waals surface area contributed by atoms with E-state index in [9.17, 15) is 9.18 Å². The molecule has 1 aliphatic heterocycles. The summed E-state index contributed by atoms with van der Waals surface area (Å²) < 4.78 is 24.9. The highest BCUT2D eigenvalue weighted by Gasteiger charge is 2.37. The zero-order chi connectivity index (χ0) is 17.3. The van der Waals surface area contributed by atoms with Crippen LogP contribution in [0.5, 0.6) is 0 Å². The molecule has 0 aromatic carbocycles. The third-order valence-electron chi connectivity index (χ3n) is 4.61. The molecule has 24 heavy (non-hydrogen) atoms. The minimum atomic E-state index is -0.964. The predicted octanol–water partition coefficient (Wildman–Crippen LogP) is 1.57. The standard InChI is InChI=1S/C16H25FN4O3/c1-10(23-9-12-4-5-12)15(22)20(3)8-14-6-13(17)7-21(14)16-19-18-11(2)24-16/h10,12-14H,4-9H2,1-3H3/t10-,13-,14-/m0/s1. The van der Waals surface area contributed by atoms with E-state index in [1.54, 1.807) is 30.7 Å². The fourth-order valence-electron chi connectivity index (χ4n) is 3.02. The van der Waals surface area contributed by atoms with Crippen LogP contribution >= 0.6 is 0 Å². The Morgan fingerprint density at radius 3 is 2.88 bits per heavy atom. The van der Waals surface area contributed by atoms with Crippen LogP contribution in [0, 0.1) is 12.8 Å². The first-order valence-electron chi connectivity index (χ1n) is 8.51. The number of carbonyl (C=O) groups is 1. The van der Waals surface area contributed by atoms with Crippen molar-refractivity contribution in [2.75, 3.05) is 31.6 Å². The van der Waals surface area contributed by atoms with Gasteiger partial charge in [0.25, 0.3) is 5.91 Å². The number of anilines is 1. The maximum absolute atomic E-state index is 13.9. The van der Waals surface area contributed by atoms with Crippen molar-refractivity contribution >= 4 is 11.9 Å². The lowest BCUT2D eigenvalue weighted by atomic mass is 10.2. The van der Waals surface area contributed by atoms with Gasteiger partial charge in [0.1, 0.15) is 12.3 Å². The fourth-order valence-corrected chi connectivity index (χ4v) is 3.02. The van der Waals surface area contributed by atoms with E-state index in [1.165, 1.54) is 12.8 Å². The molecule has 2 aliphatic rings. The van der Waals surface area contributed by atoms with Crippen LogP contribution in [-0.2, 0) is 9.53 Å². The molecule has 1 amide bonds. The zero-order valence-electron chi connectivity index (χ0n) is 14.4. The summed E-state index contributed by atoms with van der Waals surface area (Å²) >= 11 is 0. The molecular formula is C16H25FN4O3. The minimum Gasteiger partial charge on any atom is -0.408 e. The molecule has 2 heterocycles. The molecule has 1 saturated carbocycles. The van der Waals surface area contributed by atoms with Gasteiger partial charge in [-0.25, -0.2) is 4.39 Å². The molecule has 7 nitrogen and oxygen atoms in total. The van der Waals surface area contributed by atoms with E-state index in [0.717, 1.165) is 0 Å². The van der Waals surface area contributed by atoms with Crippen molar-refractivity contribution in [2.24, 2.45) is 5.92 Å². The lowest BCUT2D eigenvalue weighted by molar-refractivity contribution is -0.141. The Balaban J connectivity index is 1.56. The Kier molecular flexibility index (Phi) is 5.03. The topological polar surface area (TPSA) is 71.7 Å². The summed E-state index contributed by atoms with van der Waals surface area (Å²) in [5, 5.41) is 7.77. The molecule has 0 radical (unpaired) electrons. The van der Waals surface area contributed by atoms with Gasteiger partial charge < -0.3 is 19.0 Å². The van der Waals surface area contributed by atoms with Crippen LogP contribution in [0.2, 0.25) is 0 Å². The highest BCUT2D eigenvalue weighted by molar-refractivity contribution is 5.80. The molecule has 2 fully saturated rings. The van der Waals surface area contributed by atoms with Crippen molar-refractivity contribution in [3.63, 3.8) is 0 Å². The Labute approximate surface area is 141 Å². The van der Waals surface area contributed by atoms with Crippen LogP contribution < -0.4 is 4.90 Å². The summed E-state index contributed by atoms with van der Waals surface area (Å²) in [6.07, 6.45) is 1.28. The maximum Gasteiger partial charge on any atom is 0.318 e. The smallest absolute Gasteiger partial charge is 0.318 e. The van der Waals surface area contributed by atoms with Crippen LogP contribution in [0.15, 0.2) is 4.42 Å². The van der Waals surface area contributed by atoms with Gasteiger partial charge in [-0.3, -0.25) is 4.79 Å². The second kappa shape index (κ2) is 7.04. The monoisotopic (exact) mass is 340 g/mol. The van der Waals surface area contributed by atoms with Gasteiger partial charge in [0.05, 0.1) is 19.2 Å². The number of hydrogen-bond donors (Lipinski definition) is 0. The average molecular weight is 340 g/mol. The van der Waals surface area contributed by atoms with Gasteiger partial charge in [-0.1, -0.05) is 5.10 Å². The summed E-state index contributed by atoms with van der Waals surface area (Å²) in [6.45, 7) is 4.72. The van der Waals surface area contributed by atoms with Crippen LogP contribution in [0.4, 0.5) is 10.4 Å². The van der Waals surface area contributed by atoms with Crippen LogP contribution in [0.3, 0.4) is 0 Å². The Morgan fingerprint density at radius 2 is 2.25 bits per heavy atom. The number of nitrogens with zero attached hydrogens (tertiary/aromatic N) is 4. The molecule has 3 rings (SSSR count). The first-order valence-corrected chi connectivity index (χ1v) is 8.51. The zero-order valence-corrected chi connectivity index (χ0v) is 14.4. The summed E-state index contributed by atoms with van der Waals surface area (Å²) in [5.41, 5.74) is 0. The van der Waals surface area contributed by atoms with Crippen LogP contribution in [0.1, 0.15) is 32.1 Å². The van der Waals surface area contributed by atoms with Crippen LogP contribution in [0.25, 0.3) is 0 Å².